The van der Waals surface area contributed by atoms with E-state index in [9.17, 15) is 0 Å². The normalized spacial score (nSPS) is 12.4. The zero-order valence-corrected chi connectivity index (χ0v) is 31.0. The van der Waals surface area contributed by atoms with Crippen LogP contribution in [0.5, 0.6) is 0 Å². The minimum absolute atomic E-state index is 0.970. The third kappa shape index (κ3) is 5.81. The number of aromatic nitrogens is 4. The van der Waals surface area contributed by atoms with Crippen LogP contribution in [-0.2, 0) is 0 Å². The van der Waals surface area contributed by atoms with Crippen LogP contribution in [0.15, 0.2) is 172 Å². The Bertz CT molecular complexity index is 2700. The van der Waals surface area contributed by atoms with E-state index in [-0.39, 0.29) is 0 Å². The van der Waals surface area contributed by atoms with Crippen molar-refractivity contribution in [2.24, 2.45) is 0 Å². The number of fused-ring (bicyclic) bond motifs is 8. The van der Waals surface area contributed by atoms with E-state index in [1.54, 1.807) is 0 Å². The minimum atomic E-state index is 0.970. The third-order valence-corrected chi connectivity index (χ3v) is 10.7. The molecule has 4 aromatic heterocycles. The van der Waals surface area contributed by atoms with Gasteiger partial charge in [-0.25, -0.2) is 0 Å². The maximum absolute atomic E-state index is 4.19. The van der Waals surface area contributed by atoms with Gasteiger partial charge in [0.1, 0.15) is 0 Å². The molecule has 0 amide bonds. The van der Waals surface area contributed by atoms with Crippen LogP contribution in [0, 0.1) is 0 Å². The summed E-state index contributed by atoms with van der Waals surface area (Å²) in [6.45, 7) is 16.8. The van der Waals surface area contributed by atoms with Crippen molar-refractivity contribution in [1.29, 1.82) is 0 Å². The van der Waals surface area contributed by atoms with E-state index in [0.717, 1.165) is 111 Å². The first-order valence-electron chi connectivity index (χ1n) is 18.7. The molecule has 0 saturated carbocycles. The number of aromatic amines is 4. The van der Waals surface area contributed by atoms with Crippen molar-refractivity contribution in [3.8, 4) is 0 Å². The number of H-pyrrole nitrogens is 4. The fourth-order valence-electron chi connectivity index (χ4n) is 8.10. The summed E-state index contributed by atoms with van der Waals surface area (Å²) < 4.78 is 0. The molecule has 0 aliphatic carbocycles. The first-order chi connectivity index (χ1) is 27.6. The zero-order valence-electron chi connectivity index (χ0n) is 31.0. The molecule has 4 N–H and O–H groups in total. The van der Waals surface area contributed by atoms with E-state index < -0.39 is 0 Å². The highest BCUT2D eigenvalue weighted by atomic mass is 14.8. The third-order valence-electron chi connectivity index (χ3n) is 10.7. The Hall–Kier alpha value is -7.56. The van der Waals surface area contributed by atoms with Crippen LogP contribution in [0.3, 0.4) is 0 Å². The highest BCUT2D eigenvalue weighted by Crippen LogP contribution is 2.31. The van der Waals surface area contributed by atoms with Gasteiger partial charge < -0.3 is 19.9 Å². The largest absolute Gasteiger partial charge is 0.354 e. The number of nitrogens with one attached hydrogen (secondary N) is 4. The van der Waals surface area contributed by atoms with Gasteiger partial charge in [-0.05, 0) is 93.0 Å². The van der Waals surface area contributed by atoms with E-state index in [1.165, 1.54) is 0 Å². The van der Waals surface area contributed by atoms with Crippen molar-refractivity contribution in [2.45, 2.75) is 0 Å². The molecule has 8 aromatic rings. The Kier molecular flexibility index (Phi) is 8.77. The highest BCUT2D eigenvalue weighted by Gasteiger charge is 2.20. The van der Waals surface area contributed by atoms with E-state index in [1.807, 2.05) is 24.3 Å². The molecule has 5 heterocycles. The van der Waals surface area contributed by atoms with Crippen LogP contribution in [0.25, 0.3) is 46.6 Å². The molecule has 1 aliphatic heterocycles. The Morgan fingerprint density at radius 2 is 0.500 bits per heavy atom. The predicted molar refractivity (Wildman–Crippen MR) is 234 cm³/mol. The number of benzene rings is 4. The van der Waals surface area contributed by atoms with Crippen LogP contribution in [-0.4, -0.2) is 19.9 Å². The molecule has 1 aliphatic rings. The van der Waals surface area contributed by atoms with Crippen LogP contribution in [0.2, 0.25) is 0 Å². The molecule has 4 aromatic carbocycles. The summed E-state index contributed by atoms with van der Waals surface area (Å²) in [6, 6.07) is 51.0. The zero-order chi connectivity index (χ0) is 38.2. The molecule has 0 spiro atoms. The van der Waals surface area contributed by atoms with Gasteiger partial charge in [0.15, 0.2) is 0 Å². The Balaban J connectivity index is 1.48. The lowest BCUT2D eigenvalue weighted by Gasteiger charge is -2.13. The Labute approximate surface area is 326 Å². The molecule has 4 heteroatoms. The van der Waals surface area contributed by atoms with Gasteiger partial charge in [0, 0.05) is 66.5 Å². The summed E-state index contributed by atoms with van der Waals surface area (Å²) in [5.41, 5.74) is 16.4. The van der Waals surface area contributed by atoms with Crippen LogP contribution in [0.4, 0.5) is 0 Å². The number of hydrogen-bond donors (Lipinski definition) is 4. The molecule has 268 valence electrons. The molecule has 0 atom stereocenters. The molecule has 0 radical (unpaired) electrons. The van der Waals surface area contributed by atoms with E-state index in [4.69, 9.17) is 0 Å². The van der Waals surface area contributed by atoms with Crippen molar-refractivity contribution in [1.82, 2.24) is 19.9 Å². The maximum atomic E-state index is 4.19. The molecule has 8 bridgehead atoms. The molecule has 0 unspecified atom stereocenters. The van der Waals surface area contributed by atoms with E-state index >= 15 is 0 Å². The fraction of sp³-hybridized carbons (Fsp3) is 0. The van der Waals surface area contributed by atoms with Crippen molar-refractivity contribution >= 4 is 46.6 Å². The summed E-state index contributed by atoms with van der Waals surface area (Å²) >= 11 is 0. The lowest BCUT2D eigenvalue weighted by molar-refractivity contribution is 1.19. The average molecular weight is 721 g/mol. The lowest BCUT2D eigenvalue weighted by Crippen LogP contribution is -2.19. The number of hydrogen-bond acceptors (Lipinski definition) is 0. The van der Waals surface area contributed by atoms with Crippen molar-refractivity contribution in [2.75, 3.05) is 0 Å². The maximum Gasteiger partial charge on any atom is 0.0486 e. The second-order valence-corrected chi connectivity index (χ2v) is 13.8. The Morgan fingerprint density at radius 3 is 0.732 bits per heavy atom. The molecule has 0 fully saturated rings. The fourth-order valence-corrected chi connectivity index (χ4v) is 8.10. The van der Waals surface area contributed by atoms with Crippen LogP contribution in [0.1, 0.15) is 67.3 Å². The van der Waals surface area contributed by atoms with Crippen molar-refractivity contribution < 1.29 is 0 Å². The summed E-state index contributed by atoms with van der Waals surface area (Å²) in [6.07, 6.45) is 7.68. The lowest BCUT2D eigenvalue weighted by atomic mass is 9.97. The SMILES string of the molecule is C=Cc1ccccc1C1=c2ccc([nH]2)=C(c2ccccc2C=C)c2ccc([nH]2)C(c2ccccc2C=C)=c2ccc([nH]2)=C(c2ccccc2C=C)c2ccc1[nH]2. The molecule has 56 heavy (non-hydrogen) atoms. The van der Waals surface area contributed by atoms with Crippen molar-refractivity contribution in [3.05, 3.63) is 261 Å². The van der Waals surface area contributed by atoms with Gasteiger partial charge in [0.25, 0.3) is 0 Å². The monoisotopic (exact) mass is 720 g/mol. The molecular weight excluding hydrogens is 681 g/mol. The summed E-state index contributed by atoms with van der Waals surface area (Å²) in [5.74, 6) is 0. The molecule has 9 rings (SSSR count). The second kappa shape index (κ2) is 14.3. The van der Waals surface area contributed by atoms with Crippen LogP contribution < -0.4 is 21.4 Å². The van der Waals surface area contributed by atoms with Gasteiger partial charge in [-0.3, -0.25) is 0 Å². The van der Waals surface area contributed by atoms with Gasteiger partial charge in [0.05, 0.1) is 0 Å². The van der Waals surface area contributed by atoms with Gasteiger partial charge in [-0.1, -0.05) is 148 Å². The Morgan fingerprint density at radius 1 is 0.268 bits per heavy atom. The predicted octanol–water partition coefficient (Wildman–Crippen LogP) is 8.87. The number of rotatable bonds is 8. The topological polar surface area (TPSA) is 63.2 Å². The van der Waals surface area contributed by atoms with Crippen LogP contribution >= 0.6 is 0 Å². The summed E-state index contributed by atoms with van der Waals surface area (Å²) in [4.78, 5) is 15.5. The van der Waals surface area contributed by atoms with E-state index in [2.05, 4.69) is 192 Å². The second-order valence-electron chi connectivity index (χ2n) is 13.8. The van der Waals surface area contributed by atoms with Gasteiger partial charge in [0.2, 0.25) is 0 Å². The molecule has 4 nitrogen and oxygen atoms in total. The quantitative estimate of drug-likeness (QED) is 0.121. The van der Waals surface area contributed by atoms with Gasteiger partial charge >= 0.3 is 0 Å². The van der Waals surface area contributed by atoms with E-state index in [0.29, 0.717) is 0 Å². The summed E-state index contributed by atoms with van der Waals surface area (Å²) in [7, 11) is 0. The standard InChI is InChI=1S/C52H40N4/c1-5-33-17-9-13-21-37(33)49-41-25-27-43(53-41)50(38-22-14-10-18-34(38)6-2)45-29-31-47(55-45)52(40-24-16-12-20-36(40)8-4)48-32-30-46(56-48)51(44-28-26-42(49)54-44)39-23-15-11-19-35(39)7-3/h5-32,53-56H,1-4H2. The smallest absolute Gasteiger partial charge is 0.0486 e. The minimum Gasteiger partial charge on any atom is -0.354 e. The van der Waals surface area contributed by atoms with Gasteiger partial charge in [-0.2, -0.15) is 0 Å². The first kappa shape index (κ1) is 34.2. The van der Waals surface area contributed by atoms with Gasteiger partial charge in [-0.15, -0.1) is 0 Å². The molecular formula is C52H40N4. The van der Waals surface area contributed by atoms with Crippen molar-refractivity contribution in [3.63, 3.8) is 0 Å². The average Bonchev–Trinajstić information content (AvgIpc) is 4.10. The highest BCUT2D eigenvalue weighted by molar-refractivity contribution is 5.89. The summed E-state index contributed by atoms with van der Waals surface area (Å²) in [5, 5.41) is 3.88. The molecule has 0 saturated heterocycles. The first-order valence-corrected chi connectivity index (χ1v) is 18.7.